The Morgan fingerprint density at radius 2 is 1.40 bits per heavy atom. The van der Waals surface area contributed by atoms with Crippen LogP contribution in [0.15, 0.2) is 0 Å². The highest BCUT2D eigenvalue weighted by Gasteiger charge is 2.26. The van der Waals surface area contributed by atoms with Gasteiger partial charge in [-0.3, -0.25) is 0 Å². The van der Waals surface area contributed by atoms with Gasteiger partial charge in [0.25, 0.3) is 0 Å². The summed E-state index contributed by atoms with van der Waals surface area (Å²) in [5.41, 5.74) is -0.360. The van der Waals surface area contributed by atoms with Gasteiger partial charge in [0.1, 0.15) is 0 Å². The van der Waals surface area contributed by atoms with E-state index in [9.17, 15) is 0 Å². The molecule has 0 saturated heterocycles. The van der Waals surface area contributed by atoms with Crippen molar-refractivity contribution in [1.82, 2.24) is 0 Å². The lowest BCUT2D eigenvalue weighted by atomic mass is 9.97. The molecule has 0 heterocycles. The predicted molar refractivity (Wildman–Crippen MR) is 82.1 cm³/mol. The number of aliphatic hydroxyl groups excluding tert-OH is 1. The Labute approximate surface area is 124 Å². The van der Waals surface area contributed by atoms with Gasteiger partial charge >= 0.3 is 0 Å². The Morgan fingerprint density at radius 3 is 1.90 bits per heavy atom. The number of hydrogen-bond donors (Lipinski definition) is 1. The van der Waals surface area contributed by atoms with Crippen molar-refractivity contribution < 1.29 is 19.3 Å². The zero-order chi connectivity index (χ0) is 15.5. The summed E-state index contributed by atoms with van der Waals surface area (Å²) in [6.45, 7) is 10.7. The molecule has 0 aliphatic rings. The normalized spacial score (nSPS) is 17.7. The maximum atomic E-state index is 9.09. The fourth-order valence-corrected chi connectivity index (χ4v) is 1.97. The number of rotatable bonds is 13. The SMILES string of the molecule is CCC(C)(CCO)OCCC(C)(CC)OCCCOC. The van der Waals surface area contributed by atoms with Crippen molar-refractivity contribution in [1.29, 1.82) is 0 Å². The average molecular weight is 290 g/mol. The minimum Gasteiger partial charge on any atom is -0.396 e. The molecule has 20 heavy (non-hydrogen) atoms. The molecular formula is C16H34O4. The summed E-state index contributed by atoms with van der Waals surface area (Å²) in [7, 11) is 1.71. The molecule has 0 aromatic carbocycles. The van der Waals surface area contributed by atoms with Crippen molar-refractivity contribution >= 4 is 0 Å². The van der Waals surface area contributed by atoms with E-state index >= 15 is 0 Å². The molecule has 2 atom stereocenters. The van der Waals surface area contributed by atoms with Gasteiger partial charge in [0.15, 0.2) is 0 Å². The first-order valence-electron chi connectivity index (χ1n) is 7.83. The number of ether oxygens (including phenoxy) is 3. The number of methoxy groups -OCH3 is 1. The van der Waals surface area contributed by atoms with Crippen LogP contribution in [0.3, 0.4) is 0 Å². The van der Waals surface area contributed by atoms with Gasteiger partial charge in [-0.25, -0.2) is 0 Å². The highest BCUT2D eigenvalue weighted by Crippen LogP contribution is 2.24. The Kier molecular flexibility index (Phi) is 10.5. The summed E-state index contributed by atoms with van der Waals surface area (Å²) < 4.78 is 17.0. The van der Waals surface area contributed by atoms with E-state index in [0.29, 0.717) is 13.0 Å². The fourth-order valence-electron chi connectivity index (χ4n) is 1.97. The Hall–Kier alpha value is -0.160. The van der Waals surface area contributed by atoms with Crippen molar-refractivity contribution in [2.45, 2.75) is 71.0 Å². The third kappa shape index (κ3) is 8.20. The summed E-state index contributed by atoms with van der Waals surface area (Å²) in [6.07, 6.45) is 4.35. The molecule has 0 fully saturated rings. The second-order valence-electron chi connectivity index (χ2n) is 5.87. The molecule has 0 aliphatic heterocycles. The van der Waals surface area contributed by atoms with Crippen LogP contribution in [0.25, 0.3) is 0 Å². The third-order valence-corrected chi connectivity index (χ3v) is 4.16. The van der Waals surface area contributed by atoms with Crippen LogP contribution in [0.2, 0.25) is 0 Å². The Morgan fingerprint density at radius 1 is 0.850 bits per heavy atom. The van der Waals surface area contributed by atoms with Crippen molar-refractivity contribution in [3.8, 4) is 0 Å². The summed E-state index contributed by atoms with van der Waals surface area (Å²) in [5, 5.41) is 9.09. The van der Waals surface area contributed by atoms with E-state index in [4.69, 9.17) is 19.3 Å². The molecular weight excluding hydrogens is 256 g/mol. The lowest BCUT2D eigenvalue weighted by Crippen LogP contribution is -2.34. The van der Waals surface area contributed by atoms with Gasteiger partial charge in [0, 0.05) is 26.9 Å². The molecule has 4 heteroatoms. The van der Waals surface area contributed by atoms with E-state index in [-0.39, 0.29) is 17.8 Å². The van der Waals surface area contributed by atoms with E-state index in [0.717, 1.165) is 38.9 Å². The van der Waals surface area contributed by atoms with Crippen LogP contribution in [-0.2, 0) is 14.2 Å². The lowest BCUT2D eigenvalue weighted by Gasteiger charge is -2.33. The summed E-state index contributed by atoms with van der Waals surface area (Å²) in [5.74, 6) is 0. The van der Waals surface area contributed by atoms with Crippen LogP contribution in [0.5, 0.6) is 0 Å². The summed E-state index contributed by atoms with van der Waals surface area (Å²) in [4.78, 5) is 0. The first-order chi connectivity index (χ1) is 9.45. The minimum absolute atomic E-state index is 0.137. The zero-order valence-electron chi connectivity index (χ0n) is 14.0. The van der Waals surface area contributed by atoms with Gasteiger partial charge in [0.05, 0.1) is 17.8 Å². The average Bonchev–Trinajstić information content (AvgIpc) is 2.44. The molecule has 0 aromatic rings. The highest BCUT2D eigenvalue weighted by molar-refractivity contribution is 4.76. The molecule has 0 amide bonds. The maximum Gasteiger partial charge on any atom is 0.0673 e. The van der Waals surface area contributed by atoms with E-state index in [1.165, 1.54) is 0 Å². The van der Waals surface area contributed by atoms with Crippen molar-refractivity contribution in [2.24, 2.45) is 0 Å². The fraction of sp³-hybridized carbons (Fsp3) is 1.00. The topological polar surface area (TPSA) is 47.9 Å². The molecule has 1 N–H and O–H groups in total. The van der Waals surface area contributed by atoms with Crippen molar-refractivity contribution in [3.05, 3.63) is 0 Å². The Balaban J connectivity index is 4.09. The van der Waals surface area contributed by atoms with E-state index in [1.54, 1.807) is 7.11 Å². The predicted octanol–water partition coefficient (Wildman–Crippen LogP) is 3.17. The molecule has 0 radical (unpaired) electrons. The van der Waals surface area contributed by atoms with Crippen molar-refractivity contribution in [3.63, 3.8) is 0 Å². The summed E-state index contributed by atoms with van der Waals surface area (Å²) >= 11 is 0. The Bertz CT molecular complexity index is 235. The van der Waals surface area contributed by atoms with E-state index in [2.05, 4.69) is 27.7 Å². The van der Waals surface area contributed by atoms with Crippen molar-refractivity contribution in [2.75, 3.05) is 33.5 Å². The van der Waals surface area contributed by atoms with Gasteiger partial charge in [-0.1, -0.05) is 13.8 Å². The van der Waals surface area contributed by atoms with Gasteiger partial charge in [-0.05, 0) is 46.0 Å². The minimum atomic E-state index is -0.223. The molecule has 0 aliphatic carbocycles. The smallest absolute Gasteiger partial charge is 0.0673 e. The van der Waals surface area contributed by atoms with Gasteiger partial charge in [0.2, 0.25) is 0 Å². The monoisotopic (exact) mass is 290 g/mol. The molecule has 122 valence electrons. The number of hydrogen-bond acceptors (Lipinski definition) is 4. The molecule has 4 nitrogen and oxygen atoms in total. The molecule has 0 aromatic heterocycles. The standard InChI is InChI=1S/C16H34O4/c1-6-15(3,9-11-17)20-14-10-16(4,7-2)19-13-8-12-18-5/h17H,6-14H2,1-5H3. The van der Waals surface area contributed by atoms with Crippen LogP contribution in [-0.4, -0.2) is 49.8 Å². The second kappa shape index (κ2) is 10.6. The maximum absolute atomic E-state index is 9.09. The highest BCUT2D eigenvalue weighted by atomic mass is 16.5. The third-order valence-electron chi connectivity index (χ3n) is 4.16. The lowest BCUT2D eigenvalue weighted by molar-refractivity contribution is -0.0950. The largest absolute Gasteiger partial charge is 0.396 e. The first kappa shape index (κ1) is 19.8. The van der Waals surface area contributed by atoms with Crippen LogP contribution in [0, 0.1) is 0 Å². The van der Waals surface area contributed by atoms with Crippen LogP contribution < -0.4 is 0 Å². The molecule has 0 spiro atoms. The molecule has 0 bridgehead atoms. The zero-order valence-corrected chi connectivity index (χ0v) is 14.0. The van der Waals surface area contributed by atoms with Crippen LogP contribution in [0.1, 0.15) is 59.8 Å². The van der Waals surface area contributed by atoms with E-state index in [1.807, 2.05) is 0 Å². The van der Waals surface area contributed by atoms with Gasteiger partial charge < -0.3 is 19.3 Å². The first-order valence-corrected chi connectivity index (χ1v) is 7.83. The van der Waals surface area contributed by atoms with Crippen LogP contribution in [0.4, 0.5) is 0 Å². The molecule has 0 saturated carbocycles. The van der Waals surface area contributed by atoms with Gasteiger partial charge in [-0.2, -0.15) is 0 Å². The summed E-state index contributed by atoms with van der Waals surface area (Å²) in [6, 6.07) is 0. The second-order valence-corrected chi connectivity index (χ2v) is 5.87. The quantitative estimate of drug-likeness (QED) is 0.529. The molecule has 2 unspecified atom stereocenters. The molecule has 0 rings (SSSR count). The van der Waals surface area contributed by atoms with Crippen LogP contribution >= 0.6 is 0 Å². The number of aliphatic hydroxyl groups is 1. The van der Waals surface area contributed by atoms with E-state index < -0.39 is 0 Å². The van der Waals surface area contributed by atoms with Gasteiger partial charge in [-0.15, -0.1) is 0 Å².